The molecule has 0 radical (unpaired) electrons. The number of rotatable bonds is 6. The molecule has 1 aromatic carbocycles. The molecule has 3 heterocycles. The number of hydrogen-bond donors (Lipinski definition) is 1. The highest BCUT2D eigenvalue weighted by molar-refractivity contribution is 7.15. The van der Waals surface area contributed by atoms with Crippen LogP contribution in [0.4, 0.5) is 5.13 Å². The highest BCUT2D eigenvalue weighted by Crippen LogP contribution is 2.23. The third-order valence-electron chi connectivity index (χ3n) is 5.00. The number of fused-ring (bicyclic) bond motifs is 1. The fourth-order valence-corrected chi connectivity index (χ4v) is 4.24. The van der Waals surface area contributed by atoms with E-state index in [4.69, 9.17) is 0 Å². The summed E-state index contributed by atoms with van der Waals surface area (Å²) in [5.74, 6) is -0.922. The van der Waals surface area contributed by atoms with Crippen molar-refractivity contribution in [3.63, 3.8) is 0 Å². The largest absolute Gasteiger partial charge is 0.340 e. The smallest absolute Gasteiger partial charge is 0.261 e. The van der Waals surface area contributed by atoms with Gasteiger partial charge < -0.3 is 4.57 Å². The Hall–Kier alpha value is -3.66. The van der Waals surface area contributed by atoms with Crippen LogP contribution in [-0.4, -0.2) is 43.9 Å². The van der Waals surface area contributed by atoms with E-state index >= 15 is 0 Å². The molecule has 3 amide bonds. The Morgan fingerprint density at radius 1 is 1.00 bits per heavy atom. The van der Waals surface area contributed by atoms with Crippen LogP contribution in [0.1, 0.15) is 37.1 Å². The lowest BCUT2D eigenvalue weighted by atomic mass is 10.1. The Bertz CT molecular complexity index is 1200. The first-order chi connectivity index (χ1) is 14.8. The van der Waals surface area contributed by atoms with Crippen LogP contribution in [0.2, 0.25) is 0 Å². The fraction of sp³-hybridized carbons (Fsp3) is 0.238. The molecule has 0 fully saturated rings. The summed E-state index contributed by atoms with van der Waals surface area (Å²) in [4.78, 5) is 50.0. The van der Waals surface area contributed by atoms with Crippen molar-refractivity contribution in [1.82, 2.24) is 19.7 Å². The van der Waals surface area contributed by atoms with Gasteiger partial charge >= 0.3 is 0 Å². The summed E-state index contributed by atoms with van der Waals surface area (Å²) in [6.07, 6.45) is 0.344. The van der Waals surface area contributed by atoms with E-state index in [1.54, 1.807) is 42.7 Å². The van der Waals surface area contributed by atoms with Gasteiger partial charge in [0.25, 0.3) is 11.8 Å². The molecule has 0 unspecified atom stereocenters. The monoisotopic (exact) mass is 437 g/mol. The summed E-state index contributed by atoms with van der Waals surface area (Å²) in [6.45, 7) is 3.76. The molecule has 4 rings (SSSR count). The second-order valence-electron chi connectivity index (χ2n) is 7.17. The van der Waals surface area contributed by atoms with Gasteiger partial charge in [-0.2, -0.15) is 0 Å². The maximum absolute atomic E-state index is 12.4. The minimum absolute atomic E-state index is 0.0436. The fourth-order valence-electron chi connectivity index (χ4n) is 3.49. The number of carbonyl (C=O) groups excluding carboxylic acids is 3. The Morgan fingerprint density at radius 3 is 2.23 bits per heavy atom. The molecular weight excluding hydrogens is 418 g/mol. The van der Waals surface area contributed by atoms with E-state index in [1.807, 2.05) is 0 Å². The van der Waals surface area contributed by atoms with Gasteiger partial charge in [-0.1, -0.05) is 23.5 Å². The van der Waals surface area contributed by atoms with E-state index in [-0.39, 0.29) is 36.2 Å². The molecule has 9 nitrogen and oxygen atoms in total. The summed E-state index contributed by atoms with van der Waals surface area (Å²) >= 11 is 1.19. The zero-order valence-corrected chi connectivity index (χ0v) is 17.7. The second-order valence-corrected chi connectivity index (χ2v) is 8.23. The Kier molecular flexibility index (Phi) is 5.47. The lowest BCUT2D eigenvalue weighted by Gasteiger charge is -2.13. The van der Waals surface area contributed by atoms with Crippen LogP contribution in [0.5, 0.6) is 0 Å². The van der Waals surface area contributed by atoms with Crippen molar-refractivity contribution in [3.8, 4) is 0 Å². The number of anilines is 1. The molecule has 2 aromatic heterocycles. The first-order valence-electron chi connectivity index (χ1n) is 9.59. The molecule has 1 aliphatic heterocycles. The number of amides is 3. The first-order valence-corrected chi connectivity index (χ1v) is 10.4. The number of aromatic nitrogens is 3. The average Bonchev–Trinajstić information content (AvgIpc) is 3.26. The van der Waals surface area contributed by atoms with Crippen LogP contribution in [0.25, 0.3) is 0 Å². The Morgan fingerprint density at radius 2 is 1.61 bits per heavy atom. The quantitative estimate of drug-likeness (QED) is 0.588. The third-order valence-corrected chi connectivity index (χ3v) is 5.89. The number of hydrogen-bond acceptors (Lipinski definition) is 7. The summed E-state index contributed by atoms with van der Waals surface area (Å²) in [7, 11) is 0. The molecule has 1 aliphatic rings. The van der Waals surface area contributed by atoms with E-state index in [1.165, 1.54) is 28.4 Å². The van der Waals surface area contributed by atoms with Crippen molar-refractivity contribution in [3.05, 3.63) is 74.1 Å². The number of pyridine rings is 1. The van der Waals surface area contributed by atoms with Crippen LogP contribution in [0.3, 0.4) is 0 Å². The highest BCUT2D eigenvalue weighted by atomic mass is 32.1. The maximum atomic E-state index is 12.4. The molecule has 158 valence electrons. The number of imide groups is 1. The topological polar surface area (TPSA) is 114 Å². The van der Waals surface area contributed by atoms with Crippen LogP contribution in [0, 0.1) is 13.8 Å². The molecule has 31 heavy (non-hydrogen) atoms. The Labute approximate surface area is 181 Å². The van der Waals surface area contributed by atoms with Crippen LogP contribution < -0.4 is 10.7 Å². The van der Waals surface area contributed by atoms with Gasteiger partial charge in [0.1, 0.15) is 11.6 Å². The molecule has 10 heteroatoms. The molecule has 0 saturated carbocycles. The van der Waals surface area contributed by atoms with E-state index < -0.39 is 0 Å². The predicted octanol–water partition coefficient (Wildman–Crippen LogP) is 1.79. The Balaban J connectivity index is 1.36. The summed E-state index contributed by atoms with van der Waals surface area (Å²) < 4.78 is 1.74. The van der Waals surface area contributed by atoms with Gasteiger partial charge in [-0.3, -0.25) is 29.4 Å². The SMILES string of the molecule is Cc1cc(=O)cc(C)n1CC(=O)Nc1nnc(CCN2C(=O)c3ccccc3C2=O)s1. The normalized spacial score (nSPS) is 12.9. The van der Waals surface area contributed by atoms with Crippen molar-refractivity contribution < 1.29 is 14.4 Å². The lowest BCUT2D eigenvalue weighted by Crippen LogP contribution is -2.31. The standard InChI is InChI=1S/C21H19N5O4S/c1-12-9-14(27)10-13(2)26(12)11-17(28)22-21-24-23-18(31-21)7-8-25-19(29)15-5-3-4-6-16(15)20(25)30/h3-6,9-10H,7-8,11H2,1-2H3,(H,22,24,28). The minimum Gasteiger partial charge on any atom is -0.340 e. The van der Waals surface area contributed by atoms with Crippen LogP contribution in [-0.2, 0) is 17.8 Å². The van der Waals surface area contributed by atoms with E-state index in [9.17, 15) is 19.2 Å². The summed E-state index contributed by atoms with van der Waals surface area (Å²) in [6, 6.07) is 9.68. The number of aryl methyl sites for hydroxylation is 2. The molecule has 0 bridgehead atoms. The van der Waals surface area contributed by atoms with Gasteiger partial charge in [0.05, 0.1) is 11.1 Å². The second kappa shape index (κ2) is 8.23. The lowest BCUT2D eigenvalue weighted by molar-refractivity contribution is -0.116. The van der Waals surface area contributed by atoms with Crippen molar-refractivity contribution >= 4 is 34.2 Å². The van der Waals surface area contributed by atoms with Crippen molar-refractivity contribution in [2.75, 3.05) is 11.9 Å². The highest BCUT2D eigenvalue weighted by Gasteiger charge is 2.34. The van der Waals surface area contributed by atoms with Crippen molar-refractivity contribution in [2.45, 2.75) is 26.8 Å². The molecule has 0 spiro atoms. The molecule has 3 aromatic rings. The van der Waals surface area contributed by atoms with Crippen LogP contribution >= 0.6 is 11.3 Å². The number of nitrogens with one attached hydrogen (secondary N) is 1. The molecule has 0 aliphatic carbocycles. The molecule has 0 saturated heterocycles. The molecular formula is C21H19N5O4S. The summed E-state index contributed by atoms with van der Waals surface area (Å²) in [5.41, 5.74) is 2.10. The van der Waals surface area contributed by atoms with E-state index in [0.29, 0.717) is 39.1 Å². The van der Waals surface area contributed by atoms with Gasteiger partial charge in [0, 0.05) is 36.5 Å². The van der Waals surface area contributed by atoms with E-state index in [2.05, 4.69) is 15.5 Å². The predicted molar refractivity (Wildman–Crippen MR) is 114 cm³/mol. The maximum Gasteiger partial charge on any atom is 0.261 e. The number of carbonyl (C=O) groups is 3. The number of benzene rings is 1. The van der Waals surface area contributed by atoms with Crippen molar-refractivity contribution in [2.24, 2.45) is 0 Å². The molecule has 1 N–H and O–H groups in total. The molecule has 0 atom stereocenters. The van der Waals surface area contributed by atoms with Crippen LogP contribution in [0.15, 0.2) is 41.2 Å². The van der Waals surface area contributed by atoms with Gasteiger partial charge in [0.15, 0.2) is 5.43 Å². The van der Waals surface area contributed by atoms with Gasteiger partial charge in [-0.15, -0.1) is 10.2 Å². The van der Waals surface area contributed by atoms with Gasteiger partial charge in [0.2, 0.25) is 11.0 Å². The minimum atomic E-state index is -0.314. The number of nitrogens with zero attached hydrogens (tertiary/aromatic N) is 4. The van der Waals surface area contributed by atoms with E-state index in [0.717, 1.165) is 0 Å². The first kappa shape index (κ1) is 20.6. The third kappa shape index (κ3) is 4.15. The zero-order chi connectivity index (χ0) is 22.1. The van der Waals surface area contributed by atoms with Gasteiger partial charge in [-0.05, 0) is 26.0 Å². The van der Waals surface area contributed by atoms with Crippen molar-refractivity contribution in [1.29, 1.82) is 0 Å². The average molecular weight is 437 g/mol. The van der Waals surface area contributed by atoms with Gasteiger partial charge in [-0.25, -0.2) is 0 Å². The summed E-state index contributed by atoms with van der Waals surface area (Å²) in [5, 5.41) is 11.6. The zero-order valence-electron chi connectivity index (χ0n) is 16.9.